The van der Waals surface area contributed by atoms with E-state index >= 15 is 0 Å². The Labute approximate surface area is 160 Å². The number of benzene rings is 2. The molecule has 0 aliphatic rings. The van der Waals surface area contributed by atoms with Gasteiger partial charge in [-0.15, -0.1) is 11.8 Å². The zero-order valence-corrected chi connectivity index (χ0v) is 15.3. The van der Waals surface area contributed by atoms with Crippen molar-refractivity contribution in [2.75, 3.05) is 5.75 Å². The Morgan fingerprint density at radius 1 is 1.15 bits per heavy atom. The van der Waals surface area contributed by atoms with Crippen molar-refractivity contribution in [3.8, 4) is 6.07 Å². The quantitative estimate of drug-likeness (QED) is 0.463. The highest BCUT2D eigenvalue weighted by Crippen LogP contribution is 2.18. The number of ether oxygens (including phenoxy) is 1. The van der Waals surface area contributed by atoms with Gasteiger partial charge in [0.25, 0.3) is 5.56 Å². The zero-order valence-electron chi connectivity index (χ0n) is 14.5. The molecule has 7 heteroatoms. The summed E-state index contributed by atoms with van der Waals surface area (Å²) in [5.74, 6) is 0.493. The van der Waals surface area contributed by atoms with Crippen LogP contribution in [0.5, 0.6) is 0 Å². The minimum Gasteiger partial charge on any atom is -0.457 e. The van der Waals surface area contributed by atoms with E-state index in [0.717, 1.165) is 4.90 Å². The van der Waals surface area contributed by atoms with Crippen LogP contribution in [-0.4, -0.2) is 21.3 Å². The third-order valence-corrected chi connectivity index (χ3v) is 4.86. The summed E-state index contributed by atoms with van der Waals surface area (Å²) in [7, 11) is 0. The number of carbonyl (C=O) groups excluding carboxylic acids is 1. The SMILES string of the molecule is N#CCn1c(COC(=O)CCSc2ccccc2)nc2ccccc2c1=O. The molecule has 0 N–H and O–H groups in total. The first-order chi connectivity index (χ1) is 13.2. The second-order valence-corrected chi connectivity index (χ2v) is 6.84. The Balaban J connectivity index is 1.65. The molecular weight excluding hydrogens is 362 g/mol. The Kier molecular flexibility index (Phi) is 6.23. The molecule has 27 heavy (non-hydrogen) atoms. The molecule has 6 nitrogen and oxygen atoms in total. The van der Waals surface area contributed by atoms with E-state index in [2.05, 4.69) is 4.98 Å². The molecular formula is C20H17N3O3S. The Morgan fingerprint density at radius 2 is 1.89 bits per heavy atom. The third kappa shape index (κ3) is 4.74. The van der Waals surface area contributed by atoms with E-state index in [0.29, 0.717) is 16.7 Å². The number of carbonyl (C=O) groups is 1. The van der Waals surface area contributed by atoms with E-state index < -0.39 is 0 Å². The maximum Gasteiger partial charge on any atom is 0.307 e. The minimum absolute atomic E-state index is 0.142. The Hall–Kier alpha value is -3.11. The van der Waals surface area contributed by atoms with Crippen LogP contribution < -0.4 is 5.56 Å². The zero-order chi connectivity index (χ0) is 19.1. The molecule has 0 amide bonds. The second-order valence-electron chi connectivity index (χ2n) is 5.67. The summed E-state index contributed by atoms with van der Waals surface area (Å²) in [6.45, 7) is -0.288. The van der Waals surface area contributed by atoms with Crippen molar-refractivity contribution in [2.24, 2.45) is 0 Å². The van der Waals surface area contributed by atoms with Gasteiger partial charge < -0.3 is 4.74 Å². The van der Waals surface area contributed by atoms with E-state index in [1.165, 1.54) is 4.57 Å². The van der Waals surface area contributed by atoms with E-state index in [1.54, 1.807) is 36.0 Å². The molecule has 0 aliphatic heterocycles. The molecule has 3 rings (SSSR count). The van der Waals surface area contributed by atoms with Gasteiger partial charge in [0.2, 0.25) is 0 Å². The molecule has 0 spiro atoms. The van der Waals surface area contributed by atoms with Crippen LogP contribution in [-0.2, 0) is 22.7 Å². The van der Waals surface area contributed by atoms with Crippen LogP contribution in [0.25, 0.3) is 10.9 Å². The molecule has 0 bridgehead atoms. The predicted octanol–water partition coefficient (Wildman–Crippen LogP) is 3.15. The van der Waals surface area contributed by atoms with E-state index in [4.69, 9.17) is 10.00 Å². The molecule has 0 unspecified atom stereocenters. The van der Waals surface area contributed by atoms with Gasteiger partial charge in [-0.3, -0.25) is 14.2 Å². The summed E-state index contributed by atoms with van der Waals surface area (Å²) >= 11 is 1.57. The van der Waals surface area contributed by atoms with Crippen LogP contribution in [0, 0.1) is 11.3 Å². The normalized spacial score (nSPS) is 10.5. The smallest absolute Gasteiger partial charge is 0.307 e. The number of rotatable bonds is 7. The average molecular weight is 379 g/mol. The number of nitriles is 1. The molecule has 0 atom stereocenters. The summed E-state index contributed by atoms with van der Waals surface area (Å²) in [6.07, 6.45) is 0.246. The molecule has 2 aromatic carbocycles. The summed E-state index contributed by atoms with van der Waals surface area (Å²) < 4.78 is 6.52. The van der Waals surface area contributed by atoms with Crippen molar-refractivity contribution < 1.29 is 9.53 Å². The van der Waals surface area contributed by atoms with Crippen LogP contribution in [0.15, 0.2) is 64.3 Å². The monoisotopic (exact) mass is 379 g/mol. The van der Waals surface area contributed by atoms with Gasteiger partial charge in [-0.25, -0.2) is 4.98 Å². The average Bonchev–Trinajstić information content (AvgIpc) is 2.70. The van der Waals surface area contributed by atoms with E-state index in [-0.39, 0.29) is 36.9 Å². The van der Waals surface area contributed by atoms with Gasteiger partial charge >= 0.3 is 5.97 Å². The van der Waals surface area contributed by atoms with Crippen LogP contribution in [0.2, 0.25) is 0 Å². The highest BCUT2D eigenvalue weighted by atomic mass is 32.2. The Morgan fingerprint density at radius 3 is 2.67 bits per heavy atom. The number of thioether (sulfide) groups is 1. The molecule has 0 radical (unpaired) electrons. The number of hydrogen-bond acceptors (Lipinski definition) is 6. The van der Waals surface area contributed by atoms with Crippen LogP contribution >= 0.6 is 11.8 Å². The summed E-state index contributed by atoms with van der Waals surface area (Å²) in [4.78, 5) is 30.0. The lowest BCUT2D eigenvalue weighted by atomic mass is 10.2. The number of fused-ring (bicyclic) bond motifs is 1. The number of hydrogen-bond donors (Lipinski definition) is 0. The lowest BCUT2D eigenvalue weighted by molar-refractivity contribution is -0.144. The Bertz CT molecular complexity index is 1040. The topological polar surface area (TPSA) is 85.0 Å². The molecule has 136 valence electrons. The van der Waals surface area contributed by atoms with Crippen molar-refractivity contribution in [1.29, 1.82) is 5.26 Å². The first-order valence-corrected chi connectivity index (χ1v) is 9.36. The minimum atomic E-state index is -0.371. The fraction of sp³-hybridized carbons (Fsp3) is 0.200. The van der Waals surface area contributed by atoms with Crippen molar-refractivity contribution in [2.45, 2.75) is 24.5 Å². The fourth-order valence-electron chi connectivity index (χ4n) is 2.54. The number of para-hydroxylation sites is 1. The standard InChI is InChI=1S/C20H17N3O3S/c21-11-12-23-18(22-17-9-5-4-8-16(17)20(23)25)14-26-19(24)10-13-27-15-6-2-1-3-7-15/h1-9H,10,12-14H2. The van der Waals surface area contributed by atoms with Gasteiger partial charge in [0, 0.05) is 10.6 Å². The molecule has 1 aromatic heterocycles. The third-order valence-electron chi connectivity index (χ3n) is 3.85. The van der Waals surface area contributed by atoms with E-state index in [1.807, 2.05) is 36.4 Å². The van der Waals surface area contributed by atoms with Crippen molar-refractivity contribution in [1.82, 2.24) is 9.55 Å². The number of aromatic nitrogens is 2. The lowest BCUT2D eigenvalue weighted by Gasteiger charge is -2.11. The van der Waals surface area contributed by atoms with Gasteiger partial charge in [-0.1, -0.05) is 30.3 Å². The molecule has 0 fully saturated rings. The summed E-state index contributed by atoms with van der Waals surface area (Å²) in [5.41, 5.74) is 0.204. The molecule has 1 heterocycles. The van der Waals surface area contributed by atoms with Crippen LogP contribution in [0.1, 0.15) is 12.2 Å². The maximum absolute atomic E-state index is 12.5. The largest absolute Gasteiger partial charge is 0.457 e. The first kappa shape index (κ1) is 18.7. The highest BCUT2D eigenvalue weighted by Gasteiger charge is 2.13. The van der Waals surface area contributed by atoms with Gasteiger partial charge in [0.15, 0.2) is 5.82 Å². The van der Waals surface area contributed by atoms with Crippen molar-refractivity contribution >= 4 is 28.6 Å². The first-order valence-electron chi connectivity index (χ1n) is 8.38. The van der Waals surface area contributed by atoms with Crippen LogP contribution in [0.3, 0.4) is 0 Å². The van der Waals surface area contributed by atoms with Gasteiger partial charge in [-0.2, -0.15) is 5.26 Å². The molecule has 3 aromatic rings. The summed E-state index contributed by atoms with van der Waals surface area (Å²) in [5, 5.41) is 9.43. The highest BCUT2D eigenvalue weighted by molar-refractivity contribution is 7.99. The maximum atomic E-state index is 12.5. The number of esters is 1. The van der Waals surface area contributed by atoms with Gasteiger partial charge in [-0.05, 0) is 24.3 Å². The van der Waals surface area contributed by atoms with Gasteiger partial charge in [0.1, 0.15) is 13.2 Å². The predicted molar refractivity (Wildman–Crippen MR) is 103 cm³/mol. The van der Waals surface area contributed by atoms with Gasteiger partial charge in [0.05, 0.1) is 23.4 Å². The lowest BCUT2D eigenvalue weighted by Crippen LogP contribution is -2.26. The van der Waals surface area contributed by atoms with E-state index in [9.17, 15) is 9.59 Å². The van der Waals surface area contributed by atoms with Crippen LogP contribution in [0.4, 0.5) is 0 Å². The molecule has 0 saturated heterocycles. The fourth-order valence-corrected chi connectivity index (χ4v) is 3.40. The molecule has 0 saturated carbocycles. The van der Waals surface area contributed by atoms with Crippen molar-refractivity contribution in [3.63, 3.8) is 0 Å². The second kappa shape index (κ2) is 9.01. The molecule has 0 aliphatic carbocycles. The summed E-state index contributed by atoms with van der Waals surface area (Å²) in [6, 6.07) is 18.6. The number of nitrogens with zero attached hydrogens (tertiary/aromatic N) is 3. The van der Waals surface area contributed by atoms with Crippen molar-refractivity contribution in [3.05, 3.63) is 70.8 Å².